The van der Waals surface area contributed by atoms with Crippen LogP contribution in [0.1, 0.15) is 40.5 Å². The van der Waals surface area contributed by atoms with Crippen molar-refractivity contribution in [1.82, 2.24) is 10.6 Å². The van der Waals surface area contributed by atoms with E-state index in [-0.39, 0.29) is 11.1 Å². The van der Waals surface area contributed by atoms with Crippen molar-refractivity contribution in [3.8, 4) is 0 Å². The summed E-state index contributed by atoms with van der Waals surface area (Å²) in [6.07, 6.45) is 1.72. The lowest BCUT2D eigenvalue weighted by atomic mass is 10.1. The van der Waals surface area contributed by atoms with Gasteiger partial charge in [0.25, 0.3) is 5.91 Å². The Labute approximate surface area is 139 Å². The first-order valence-electron chi connectivity index (χ1n) is 7.41. The van der Waals surface area contributed by atoms with Gasteiger partial charge in [-0.25, -0.2) is 14.4 Å². The van der Waals surface area contributed by atoms with E-state index < -0.39 is 30.5 Å². The van der Waals surface area contributed by atoms with Gasteiger partial charge in [-0.05, 0) is 30.7 Å². The Hall–Kier alpha value is -2.90. The van der Waals surface area contributed by atoms with Crippen molar-refractivity contribution in [2.24, 2.45) is 0 Å². The highest BCUT2D eigenvalue weighted by atomic mass is 16.5. The first-order valence-corrected chi connectivity index (χ1v) is 7.41. The van der Waals surface area contributed by atoms with Crippen LogP contribution in [0.15, 0.2) is 24.3 Å². The van der Waals surface area contributed by atoms with Gasteiger partial charge in [0.2, 0.25) is 0 Å². The third-order valence-corrected chi connectivity index (χ3v) is 2.94. The van der Waals surface area contributed by atoms with E-state index in [1.54, 1.807) is 0 Å². The first kappa shape index (κ1) is 19.1. The summed E-state index contributed by atoms with van der Waals surface area (Å²) in [5.74, 6) is -2.00. The van der Waals surface area contributed by atoms with E-state index in [9.17, 15) is 19.2 Å². The SMILES string of the molecule is CCCCNC(=O)NC(=O)COC(=O)c1ccc(C(=O)OC)cc1. The number of carbonyl (C=O) groups excluding carboxylic acids is 4. The van der Waals surface area contributed by atoms with Crippen LogP contribution in [0, 0.1) is 0 Å². The molecule has 0 aliphatic carbocycles. The van der Waals surface area contributed by atoms with Crippen molar-refractivity contribution < 1.29 is 28.7 Å². The lowest BCUT2D eigenvalue weighted by molar-refractivity contribution is -0.123. The molecule has 0 radical (unpaired) electrons. The molecular weight excluding hydrogens is 316 g/mol. The lowest BCUT2D eigenvalue weighted by Gasteiger charge is -2.07. The van der Waals surface area contributed by atoms with Gasteiger partial charge in [0.1, 0.15) is 0 Å². The van der Waals surface area contributed by atoms with Crippen molar-refractivity contribution in [3.63, 3.8) is 0 Å². The van der Waals surface area contributed by atoms with Gasteiger partial charge >= 0.3 is 18.0 Å². The number of nitrogens with one attached hydrogen (secondary N) is 2. The standard InChI is InChI=1S/C16H20N2O6/c1-3-4-9-17-16(22)18-13(19)10-24-15(21)12-7-5-11(6-8-12)14(20)23-2/h5-8H,3-4,9-10H2,1-2H3,(H2,17,18,19,22). The van der Waals surface area contributed by atoms with Gasteiger partial charge in [-0.15, -0.1) is 0 Å². The van der Waals surface area contributed by atoms with Crippen molar-refractivity contribution in [3.05, 3.63) is 35.4 Å². The summed E-state index contributed by atoms with van der Waals surface area (Å²) in [5, 5.41) is 4.55. The molecule has 130 valence electrons. The van der Waals surface area contributed by atoms with Crippen LogP contribution in [-0.4, -0.2) is 44.1 Å². The molecule has 0 saturated carbocycles. The van der Waals surface area contributed by atoms with Gasteiger partial charge in [-0.2, -0.15) is 0 Å². The maximum Gasteiger partial charge on any atom is 0.338 e. The zero-order valence-electron chi connectivity index (χ0n) is 13.6. The second-order valence-electron chi connectivity index (χ2n) is 4.80. The van der Waals surface area contributed by atoms with Gasteiger partial charge in [0.05, 0.1) is 18.2 Å². The Morgan fingerprint density at radius 2 is 1.58 bits per heavy atom. The normalized spacial score (nSPS) is 9.75. The van der Waals surface area contributed by atoms with Gasteiger partial charge in [0, 0.05) is 6.54 Å². The highest BCUT2D eigenvalue weighted by molar-refractivity contribution is 5.97. The molecule has 0 aliphatic heterocycles. The number of ether oxygens (including phenoxy) is 2. The van der Waals surface area contributed by atoms with Gasteiger partial charge in [-0.3, -0.25) is 10.1 Å². The second kappa shape index (κ2) is 9.98. The quantitative estimate of drug-likeness (QED) is 0.573. The summed E-state index contributed by atoms with van der Waals surface area (Å²) in [6, 6.07) is 4.94. The van der Waals surface area contributed by atoms with Crippen LogP contribution in [0.2, 0.25) is 0 Å². The number of urea groups is 1. The number of imide groups is 1. The minimum Gasteiger partial charge on any atom is -0.465 e. The molecule has 0 spiro atoms. The number of rotatable bonds is 7. The molecule has 0 aromatic heterocycles. The summed E-state index contributed by atoms with van der Waals surface area (Å²) in [4.78, 5) is 45.9. The molecule has 1 rings (SSSR count). The number of methoxy groups -OCH3 is 1. The molecule has 0 atom stereocenters. The second-order valence-corrected chi connectivity index (χ2v) is 4.80. The monoisotopic (exact) mass is 336 g/mol. The molecule has 3 amide bonds. The summed E-state index contributed by atoms with van der Waals surface area (Å²) in [7, 11) is 1.25. The minimum atomic E-state index is -0.743. The average molecular weight is 336 g/mol. The summed E-state index contributed by atoms with van der Waals surface area (Å²) in [6.45, 7) is 1.85. The average Bonchev–Trinajstić information content (AvgIpc) is 2.59. The Morgan fingerprint density at radius 3 is 2.12 bits per heavy atom. The fraction of sp³-hybridized carbons (Fsp3) is 0.375. The molecule has 0 unspecified atom stereocenters. The van der Waals surface area contributed by atoms with E-state index in [1.807, 2.05) is 12.2 Å². The van der Waals surface area contributed by atoms with E-state index >= 15 is 0 Å². The van der Waals surface area contributed by atoms with Gasteiger partial charge < -0.3 is 14.8 Å². The fourth-order valence-electron chi connectivity index (χ4n) is 1.66. The first-order chi connectivity index (χ1) is 11.5. The zero-order valence-corrected chi connectivity index (χ0v) is 13.6. The number of unbranched alkanes of at least 4 members (excludes halogenated alkanes) is 1. The molecule has 1 aromatic rings. The number of hydrogen-bond acceptors (Lipinski definition) is 6. The number of carbonyl (C=O) groups is 4. The predicted octanol–water partition coefficient (Wildman–Crippen LogP) is 1.26. The smallest absolute Gasteiger partial charge is 0.338 e. The molecule has 8 nitrogen and oxygen atoms in total. The third-order valence-electron chi connectivity index (χ3n) is 2.94. The van der Waals surface area contributed by atoms with E-state index in [0.717, 1.165) is 12.8 Å². The van der Waals surface area contributed by atoms with E-state index in [2.05, 4.69) is 10.1 Å². The van der Waals surface area contributed by atoms with Crippen LogP contribution in [0.3, 0.4) is 0 Å². The Bertz CT molecular complexity index is 597. The number of benzene rings is 1. The van der Waals surface area contributed by atoms with Crippen LogP contribution in [0.4, 0.5) is 4.79 Å². The van der Waals surface area contributed by atoms with E-state index in [1.165, 1.54) is 31.4 Å². The largest absolute Gasteiger partial charge is 0.465 e. The fourth-order valence-corrected chi connectivity index (χ4v) is 1.66. The minimum absolute atomic E-state index is 0.169. The van der Waals surface area contributed by atoms with Crippen molar-refractivity contribution in [1.29, 1.82) is 0 Å². The molecule has 0 aliphatic rings. The van der Waals surface area contributed by atoms with Crippen LogP contribution < -0.4 is 10.6 Å². The Morgan fingerprint density at radius 1 is 1.00 bits per heavy atom. The van der Waals surface area contributed by atoms with Crippen molar-refractivity contribution in [2.75, 3.05) is 20.3 Å². The van der Waals surface area contributed by atoms with Crippen LogP contribution in [-0.2, 0) is 14.3 Å². The maximum absolute atomic E-state index is 11.8. The lowest BCUT2D eigenvalue weighted by Crippen LogP contribution is -2.41. The summed E-state index contributed by atoms with van der Waals surface area (Å²) < 4.78 is 9.34. The molecule has 0 fully saturated rings. The highest BCUT2D eigenvalue weighted by Crippen LogP contribution is 2.07. The van der Waals surface area contributed by atoms with Crippen LogP contribution in [0.25, 0.3) is 0 Å². The number of amides is 3. The highest BCUT2D eigenvalue weighted by Gasteiger charge is 2.13. The third kappa shape index (κ3) is 6.47. The zero-order chi connectivity index (χ0) is 17.9. The molecule has 24 heavy (non-hydrogen) atoms. The molecule has 0 saturated heterocycles. The Balaban J connectivity index is 2.41. The number of hydrogen-bond donors (Lipinski definition) is 2. The molecule has 0 bridgehead atoms. The predicted molar refractivity (Wildman–Crippen MR) is 84.5 cm³/mol. The molecule has 2 N–H and O–H groups in total. The van der Waals surface area contributed by atoms with Gasteiger partial charge in [0.15, 0.2) is 6.61 Å². The topological polar surface area (TPSA) is 111 Å². The Kier molecular flexibility index (Phi) is 7.97. The van der Waals surface area contributed by atoms with E-state index in [4.69, 9.17) is 4.74 Å². The molecule has 8 heteroatoms. The van der Waals surface area contributed by atoms with Crippen molar-refractivity contribution in [2.45, 2.75) is 19.8 Å². The molecule has 0 heterocycles. The molecular formula is C16H20N2O6. The summed E-state index contributed by atoms with van der Waals surface area (Å²) in [5.41, 5.74) is 0.457. The van der Waals surface area contributed by atoms with Crippen molar-refractivity contribution >= 4 is 23.9 Å². The van der Waals surface area contributed by atoms with E-state index in [0.29, 0.717) is 6.54 Å². The molecule has 1 aromatic carbocycles. The maximum atomic E-state index is 11.8. The van der Waals surface area contributed by atoms with Crippen LogP contribution in [0.5, 0.6) is 0 Å². The number of esters is 2. The summed E-state index contributed by atoms with van der Waals surface area (Å²) >= 11 is 0. The van der Waals surface area contributed by atoms with Crippen LogP contribution >= 0.6 is 0 Å². The van der Waals surface area contributed by atoms with Gasteiger partial charge in [-0.1, -0.05) is 13.3 Å².